The first-order chi connectivity index (χ1) is 6.13. The van der Waals surface area contributed by atoms with Gasteiger partial charge in [-0.2, -0.15) is 0 Å². The van der Waals surface area contributed by atoms with Crippen LogP contribution in [-0.2, 0) is 0 Å². The molecule has 0 aliphatic rings. The molecule has 0 saturated carbocycles. The number of hydrogen-bond acceptors (Lipinski definition) is 3. The van der Waals surface area contributed by atoms with Crippen LogP contribution in [-0.4, -0.2) is 15.2 Å². The monoisotopic (exact) mass is 220 g/mol. The highest BCUT2D eigenvalue weighted by molar-refractivity contribution is 7.99. The maximum atomic E-state index is 13.1. The Labute approximate surface area is 85.9 Å². The molecule has 0 aliphatic carbocycles. The number of aromatic nitrogens is 2. The van der Waals surface area contributed by atoms with E-state index >= 15 is 0 Å². The predicted molar refractivity (Wildman–Crippen MR) is 52.6 cm³/mol. The van der Waals surface area contributed by atoms with E-state index in [1.54, 1.807) is 0 Å². The van der Waals surface area contributed by atoms with Crippen molar-refractivity contribution in [3.63, 3.8) is 0 Å². The van der Waals surface area contributed by atoms with Crippen molar-refractivity contribution in [3.05, 3.63) is 17.3 Å². The Kier molecular flexibility index (Phi) is 3.93. The van der Waals surface area contributed by atoms with E-state index in [-0.39, 0.29) is 5.28 Å². The van der Waals surface area contributed by atoms with Crippen molar-refractivity contribution in [1.82, 2.24) is 9.97 Å². The molecule has 0 radical (unpaired) electrons. The van der Waals surface area contributed by atoms with Gasteiger partial charge >= 0.3 is 0 Å². The summed E-state index contributed by atoms with van der Waals surface area (Å²) in [7, 11) is 0. The van der Waals surface area contributed by atoms with Gasteiger partial charge in [0, 0.05) is 5.25 Å². The van der Waals surface area contributed by atoms with E-state index in [1.807, 2.05) is 13.8 Å². The Balaban J connectivity index is 2.81. The Bertz CT molecular complexity index is 295. The van der Waals surface area contributed by atoms with Gasteiger partial charge < -0.3 is 0 Å². The molecule has 0 aromatic carbocycles. The van der Waals surface area contributed by atoms with Crippen LogP contribution < -0.4 is 0 Å². The fourth-order valence-corrected chi connectivity index (χ4v) is 1.72. The van der Waals surface area contributed by atoms with E-state index in [0.717, 1.165) is 12.6 Å². The van der Waals surface area contributed by atoms with Crippen molar-refractivity contribution in [2.45, 2.75) is 30.5 Å². The molecule has 1 rings (SSSR count). The second kappa shape index (κ2) is 4.77. The molecule has 0 saturated heterocycles. The molecule has 1 aromatic heterocycles. The molecule has 0 fully saturated rings. The minimum atomic E-state index is -0.408. The molecule has 1 aromatic rings. The van der Waals surface area contributed by atoms with Crippen molar-refractivity contribution in [1.29, 1.82) is 0 Å². The lowest BCUT2D eigenvalue weighted by Gasteiger charge is -2.07. The van der Waals surface area contributed by atoms with Crippen LogP contribution in [0.2, 0.25) is 5.28 Å². The normalized spacial score (nSPS) is 12.9. The van der Waals surface area contributed by atoms with Gasteiger partial charge in [-0.25, -0.2) is 14.4 Å². The van der Waals surface area contributed by atoms with E-state index in [0.29, 0.717) is 10.3 Å². The molecule has 0 aliphatic heterocycles. The highest BCUT2D eigenvalue weighted by atomic mass is 35.5. The topological polar surface area (TPSA) is 25.8 Å². The average Bonchev–Trinajstić information content (AvgIpc) is 2.11. The van der Waals surface area contributed by atoms with Gasteiger partial charge in [-0.1, -0.05) is 13.8 Å². The molecular weight excluding hydrogens is 211 g/mol. The van der Waals surface area contributed by atoms with E-state index in [9.17, 15) is 4.39 Å². The Morgan fingerprint density at radius 1 is 1.69 bits per heavy atom. The summed E-state index contributed by atoms with van der Waals surface area (Å²) in [6.07, 6.45) is 2.06. The third kappa shape index (κ3) is 3.12. The quantitative estimate of drug-likeness (QED) is 0.445. The minimum absolute atomic E-state index is 0.0900. The average molecular weight is 221 g/mol. The molecule has 72 valence electrons. The van der Waals surface area contributed by atoms with E-state index in [4.69, 9.17) is 11.6 Å². The number of thioether (sulfide) groups is 1. The molecule has 0 amide bonds. The van der Waals surface area contributed by atoms with Gasteiger partial charge in [-0.15, -0.1) is 11.8 Å². The molecular formula is C8H10ClFN2S. The van der Waals surface area contributed by atoms with Crippen LogP contribution in [0.5, 0.6) is 0 Å². The maximum absolute atomic E-state index is 13.1. The first kappa shape index (κ1) is 10.7. The summed E-state index contributed by atoms with van der Waals surface area (Å²) >= 11 is 6.92. The SMILES string of the molecule is CCC(C)Sc1nc(Cl)ncc1F. The highest BCUT2D eigenvalue weighted by Gasteiger charge is 2.09. The third-order valence-corrected chi connectivity index (χ3v) is 3.00. The zero-order chi connectivity index (χ0) is 9.84. The Hall–Kier alpha value is -0.350. The molecule has 1 unspecified atom stereocenters. The van der Waals surface area contributed by atoms with E-state index < -0.39 is 5.82 Å². The lowest BCUT2D eigenvalue weighted by atomic mass is 10.4. The summed E-state index contributed by atoms with van der Waals surface area (Å²) in [5, 5.41) is 0.752. The van der Waals surface area contributed by atoms with Crippen LogP contribution in [0.25, 0.3) is 0 Å². The zero-order valence-electron chi connectivity index (χ0n) is 7.42. The van der Waals surface area contributed by atoms with Crippen molar-refractivity contribution in [2.24, 2.45) is 0 Å². The second-order valence-electron chi connectivity index (χ2n) is 2.63. The van der Waals surface area contributed by atoms with Crippen LogP contribution in [0, 0.1) is 5.82 Å². The first-order valence-corrected chi connectivity index (χ1v) is 5.24. The number of hydrogen-bond donors (Lipinski definition) is 0. The fraction of sp³-hybridized carbons (Fsp3) is 0.500. The maximum Gasteiger partial charge on any atom is 0.223 e. The number of rotatable bonds is 3. The van der Waals surface area contributed by atoms with Crippen LogP contribution >= 0.6 is 23.4 Å². The van der Waals surface area contributed by atoms with Crippen LogP contribution in [0.3, 0.4) is 0 Å². The second-order valence-corrected chi connectivity index (χ2v) is 4.39. The summed E-state index contributed by atoms with van der Waals surface area (Å²) in [4.78, 5) is 7.34. The lowest BCUT2D eigenvalue weighted by molar-refractivity contribution is 0.578. The minimum Gasteiger partial charge on any atom is -0.223 e. The van der Waals surface area contributed by atoms with E-state index in [2.05, 4.69) is 9.97 Å². The van der Waals surface area contributed by atoms with Crippen LogP contribution in [0.15, 0.2) is 11.2 Å². The molecule has 0 bridgehead atoms. The van der Waals surface area contributed by atoms with E-state index in [1.165, 1.54) is 11.8 Å². The van der Waals surface area contributed by atoms with Gasteiger partial charge in [0.05, 0.1) is 6.20 Å². The smallest absolute Gasteiger partial charge is 0.223 e. The summed E-state index contributed by atoms with van der Waals surface area (Å²) in [6, 6.07) is 0. The summed E-state index contributed by atoms with van der Waals surface area (Å²) in [5.74, 6) is -0.408. The van der Waals surface area contributed by atoms with Crippen molar-refractivity contribution in [3.8, 4) is 0 Å². The lowest BCUT2D eigenvalue weighted by Crippen LogP contribution is -1.97. The summed E-state index contributed by atoms with van der Waals surface area (Å²) < 4.78 is 13.1. The molecule has 1 heterocycles. The van der Waals surface area contributed by atoms with Gasteiger partial charge in [0.2, 0.25) is 5.28 Å². The molecule has 2 nitrogen and oxygen atoms in total. The Morgan fingerprint density at radius 2 is 2.38 bits per heavy atom. The summed E-state index contributed by atoms with van der Waals surface area (Å²) in [6.45, 7) is 4.05. The Morgan fingerprint density at radius 3 is 3.00 bits per heavy atom. The molecule has 1 atom stereocenters. The van der Waals surface area contributed by atoms with Crippen LogP contribution in [0.4, 0.5) is 4.39 Å². The molecule has 0 spiro atoms. The zero-order valence-corrected chi connectivity index (χ0v) is 8.99. The van der Waals surface area contributed by atoms with Gasteiger partial charge in [-0.3, -0.25) is 0 Å². The fourth-order valence-electron chi connectivity index (χ4n) is 0.688. The number of halogens is 2. The first-order valence-electron chi connectivity index (χ1n) is 3.98. The standard InChI is InChI=1S/C8H10ClFN2S/c1-3-5(2)13-7-6(10)4-11-8(9)12-7/h4-5H,3H2,1-2H3. The number of nitrogens with zero attached hydrogens (tertiary/aromatic N) is 2. The van der Waals surface area contributed by atoms with Gasteiger partial charge in [0.15, 0.2) is 5.82 Å². The molecule has 13 heavy (non-hydrogen) atoms. The molecule has 5 heteroatoms. The predicted octanol–water partition coefficient (Wildman–Crippen LogP) is 3.16. The van der Waals surface area contributed by atoms with Crippen molar-refractivity contribution < 1.29 is 4.39 Å². The third-order valence-electron chi connectivity index (χ3n) is 1.57. The summed E-state index contributed by atoms with van der Waals surface area (Å²) in [5.41, 5.74) is 0. The van der Waals surface area contributed by atoms with Crippen molar-refractivity contribution in [2.75, 3.05) is 0 Å². The van der Waals surface area contributed by atoms with Gasteiger partial charge in [0.25, 0.3) is 0 Å². The molecule has 0 N–H and O–H groups in total. The highest BCUT2D eigenvalue weighted by Crippen LogP contribution is 2.25. The largest absolute Gasteiger partial charge is 0.223 e. The van der Waals surface area contributed by atoms with Gasteiger partial charge in [-0.05, 0) is 18.0 Å². The van der Waals surface area contributed by atoms with Crippen molar-refractivity contribution >= 4 is 23.4 Å². The van der Waals surface area contributed by atoms with Gasteiger partial charge in [0.1, 0.15) is 5.03 Å². The van der Waals surface area contributed by atoms with Crippen LogP contribution in [0.1, 0.15) is 20.3 Å².